The number of nitrogens with zero attached hydrogens (tertiary/aromatic N) is 1. The van der Waals surface area contributed by atoms with E-state index in [0.29, 0.717) is 27.1 Å². The molecule has 7 nitrogen and oxygen atoms in total. The molecule has 0 spiro atoms. The van der Waals surface area contributed by atoms with Gasteiger partial charge in [0, 0.05) is 12.5 Å². The second kappa shape index (κ2) is 9.11. The highest BCUT2D eigenvalue weighted by atomic mass is 35.5. The number of esters is 2. The van der Waals surface area contributed by atoms with Gasteiger partial charge in [-0.05, 0) is 37.3 Å². The molecule has 9 heteroatoms. The van der Waals surface area contributed by atoms with Crippen molar-refractivity contribution in [1.82, 2.24) is 4.98 Å². The van der Waals surface area contributed by atoms with Crippen LogP contribution in [0.1, 0.15) is 19.5 Å². The Labute approximate surface area is 176 Å². The van der Waals surface area contributed by atoms with Crippen LogP contribution in [0.25, 0.3) is 22.1 Å². The summed E-state index contributed by atoms with van der Waals surface area (Å²) < 4.78 is 22.0. The van der Waals surface area contributed by atoms with Crippen molar-refractivity contribution in [2.75, 3.05) is 13.7 Å². The first-order chi connectivity index (χ1) is 13.9. The Bertz CT molecular complexity index is 1040. The number of carbonyl (C=O) groups is 2. The molecule has 0 unspecified atom stereocenters. The molecule has 0 atom stereocenters. The number of thiophene rings is 1. The molecule has 0 saturated carbocycles. The SMILES string of the molecule is CCOC(=O)Cc1nc(-c2ccc(OC)c(OC(C)=O)c2)oc1-c1ccc(Cl)s1. The Balaban J connectivity index is 2.04. The van der Waals surface area contributed by atoms with E-state index in [2.05, 4.69) is 4.98 Å². The quantitative estimate of drug-likeness (QED) is 0.390. The Morgan fingerprint density at radius 3 is 2.62 bits per heavy atom. The monoisotopic (exact) mass is 435 g/mol. The summed E-state index contributed by atoms with van der Waals surface area (Å²) in [4.78, 5) is 28.6. The van der Waals surface area contributed by atoms with E-state index in [1.807, 2.05) is 0 Å². The third kappa shape index (κ3) is 4.96. The molecule has 0 bridgehead atoms. The summed E-state index contributed by atoms with van der Waals surface area (Å²) in [5.74, 6) is 0.446. The average Bonchev–Trinajstić information content (AvgIpc) is 3.27. The van der Waals surface area contributed by atoms with Gasteiger partial charge < -0.3 is 18.6 Å². The number of rotatable bonds is 7. The smallest absolute Gasteiger partial charge is 0.312 e. The summed E-state index contributed by atoms with van der Waals surface area (Å²) in [5, 5.41) is 0. The van der Waals surface area contributed by atoms with Gasteiger partial charge in [0.25, 0.3) is 0 Å². The van der Waals surface area contributed by atoms with Crippen molar-refractivity contribution in [3.05, 3.63) is 40.4 Å². The number of hydrogen-bond donors (Lipinski definition) is 0. The van der Waals surface area contributed by atoms with Crippen LogP contribution in [0, 0.1) is 0 Å². The number of ether oxygens (including phenoxy) is 3. The maximum absolute atomic E-state index is 12.0. The number of hydrogen-bond acceptors (Lipinski definition) is 8. The van der Waals surface area contributed by atoms with Crippen LogP contribution < -0.4 is 9.47 Å². The van der Waals surface area contributed by atoms with Gasteiger partial charge in [0.2, 0.25) is 5.89 Å². The molecule has 29 heavy (non-hydrogen) atoms. The van der Waals surface area contributed by atoms with Crippen LogP contribution in [-0.2, 0) is 20.7 Å². The highest BCUT2D eigenvalue weighted by Gasteiger charge is 2.22. The predicted octanol–water partition coefficient (Wildman–Crippen LogP) is 4.76. The second-order valence-electron chi connectivity index (χ2n) is 5.84. The maximum Gasteiger partial charge on any atom is 0.312 e. The predicted molar refractivity (Wildman–Crippen MR) is 108 cm³/mol. The number of halogens is 1. The zero-order valence-corrected chi connectivity index (χ0v) is 17.6. The molecule has 3 aromatic rings. The molecule has 3 rings (SSSR count). The van der Waals surface area contributed by atoms with E-state index in [4.69, 9.17) is 30.2 Å². The van der Waals surface area contributed by atoms with E-state index in [1.165, 1.54) is 25.4 Å². The molecule has 0 amide bonds. The first kappa shape index (κ1) is 20.9. The van der Waals surface area contributed by atoms with Crippen LogP contribution in [0.4, 0.5) is 0 Å². The Hall–Kier alpha value is -2.84. The zero-order chi connectivity index (χ0) is 21.0. The van der Waals surface area contributed by atoms with Crippen molar-refractivity contribution in [2.45, 2.75) is 20.3 Å². The average molecular weight is 436 g/mol. The Morgan fingerprint density at radius 1 is 1.21 bits per heavy atom. The minimum Gasteiger partial charge on any atom is -0.493 e. The van der Waals surface area contributed by atoms with Gasteiger partial charge in [0.05, 0.1) is 35.0 Å². The number of aromatic nitrogens is 1. The van der Waals surface area contributed by atoms with Gasteiger partial charge in [-0.1, -0.05) is 11.6 Å². The van der Waals surface area contributed by atoms with Crippen molar-refractivity contribution in [2.24, 2.45) is 0 Å². The lowest BCUT2D eigenvalue weighted by Gasteiger charge is -2.08. The summed E-state index contributed by atoms with van der Waals surface area (Å²) in [5.41, 5.74) is 0.989. The fourth-order valence-corrected chi connectivity index (χ4v) is 3.66. The van der Waals surface area contributed by atoms with Crippen molar-refractivity contribution >= 4 is 34.9 Å². The standard InChI is InChI=1S/C20H18ClNO6S/c1-4-26-18(24)10-13-19(16-7-8-17(21)29-16)28-20(22-13)12-5-6-14(25-3)15(9-12)27-11(2)23/h5-9H,4,10H2,1-3H3. The van der Waals surface area contributed by atoms with Crippen molar-refractivity contribution in [3.8, 4) is 33.6 Å². The first-order valence-corrected chi connectivity index (χ1v) is 9.88. The van der Waals surface area contributed by atoms with Crippen molar-refractivity contribution in [1.29, 1.82) is 0 Å². The fraction of sp³-hybridized carbons (Fsp3) is 0.250. The molecule has 0 aliphatic heterocycles. The minimum atomic E-state index is -0.482. The molecule has 2 heterocycles. The lowest BCUT2D eigenvalue weighted by Crippen LogP contribution is -2.08. The highest BCUT2D eigenvalue weighted by molar-refractivity contribution is 7.19. The van der Waals surface area contributed by atoms with Crippen LogP contribution in [0.2, 0.25) is 4.34 Å². The molecular formula is C20H18ClNO6S. The lowest BCUT2D eigenvalue weighted by atomic mass is 10.2. The number of oxazole rings is 1. The Morgan fingerprint density at radius 2 is 2.00 bits per heavy atom. The van der Waals surface area contributed by atoms with E-state index < -0.39 is 11.9 Å². The molecule has 1 aromatic carbocycles. The van der Waals surface area contributed by atoms with Gasteiger partial charge in [-0.3, -0.25) is 9.59 Å². The molecule has 0 N–H and O–H groups in total. The van der Waals surface area contributed by atoms with Crippen LogP contribution in [-0.4, -0.2) is 30.6 Å². The zero-order valence-electron chi connectivity index (χ0n) is 16.0. The van der Waals surface area contributed by atoms with E-state index in [1.54, 1.807) is 37.3 Å². The molecular weight excluding hydrogens is 418 g/mol. The van der Waals surface area contributed by atoms with Gasteiger partial charge in [-0.25, -0.2) is 4.98 Å². The number of benzene rings is 1. The summed E-state index contributed by atoms with van der Waals surface area (Å²) in [6.07, 6.45) is -0.0465. The molecule has 0 saturated heterocycles. The normalized spacial score (nSPS) is 10.6. The largest absolute Gasteiger partial charge is 0.493 e. The van der Waals surface area contributed by atoms with Gasteiger partial charge in [-0.15, -0.1) is 11.3 Å². The highest BCUT2D eigenvalue weighted by Crippen LogP contribution is 2.38. The maximum atomic E-state index is 12.0. The first-order valence-electron chi connectivity index (χ1n) is 8.69. The molecule has 0 aliphatic rings. The van der Waals surface area contributed by atoms with E-state index >= 15 is 0 Å². The molecule has 0 radical (unpaired) electrons. The van der Waals surface area contributed by atoms with Gasteiger partial charge >= 0.3 is 11.9 Å². The third-order valence-electron chi connectivity index (χ3n) is 3.78. The van der Waals surface area contributed by atoms with E-state index in [0.717, 1.165) is 4.88 Å². The fourth-order valence-electron chi connectivity index (χ4n) is 2.62. The lowest BCUT2D eigenvalue weighted by molar-refractivity contribution is -0.142. The summed E-state index contributed by atoms with van der Waals surface area (Å²) >= 11 is 7.36. The molecule has 2 aromatic heterocycles. The molecule has 0 fully saturated rings. The van der Waals surface area contributed by atoms with Crippen molar-refractivity contribution in [3.63, 3.8) is 0 Å². The van der Waals surface area contributed by atoms with Crippen LogP contribution in [0.5, 0.6) is 11.5 Å². The summed E-state index contributed by atoms with van der Waals surface area (Å²) in [7, 11) is 1.48. The molecule has 152 valence electrons. The van der Waals surface area contributed by atoms with Crippen LogP contribution >= 0.6 is 22.9 Å². The number of carbonyl (C=O) groups excluding carboxylic acids is 2. The summed E-state index contributed by atoms with van der Waals surface area (Å²) in [6.45, 7) is 3.31. The van der Waals surface area contributed by atoms with E-state index in [9.17, 15) is 9.59 Å². The van der Waals surface area contributed by atoms with Gasteiger partial charge in [0.15, 0.2) is 17.3 Å². The molecule has 0 aliphatic carbocycles. The number of methoxy groups -OCH3 is 1. The van der Waals surface area contributed by atoms with Crippen LogP contribution in [0.3, 0.4) is 0 Å². The third-order valence-corrected chi connectivity index (χ3v) is 5.01. The minimum absolute atomic E-state index is 0.0465. The van der Waals surface area contributed by atoms with Crippen LogP contribution in [0.15, 0.2) is 34.7 Å². The second-order valence-corrected chi connectivity index (χ2v) is 7.55. The van der Waals surface area contributed by atoms with Gasteiger partial charge in [-0.2, -0.15) is 0 Å². The van der Waals surface area contributed by atoms with Gasteiger partial charge in [0.1, 0.15) is 0 Å². The van der Waals surface area contributed by atoms with E-state index in [-0.39, 0.29) is 24.7 Å². The van der Waals surface area contributed by atoms with Crippen molar-refractivity contribution < 1.29 is 28.2 Å². The summed E-state index contributed by atoms with van der Waals surface area (Å²) in [6, 6.07) is 8.49. The Kier molecular flexibility index (Phi) is 6.56. The topological polar surface area (TPSA) is 87.9 Å².